The number of fused-ring (bicyclic) bond motifs is 1. The lowest BCUT2D eigenvalue weighted by Crippen LogP contribution is -2.43. The number of para-hydroxylation sites is 3. The highest BCUT2D eigenvalue weighted by Crippen LogP contribution is 2.51. The van der Waals surface area contributed by atoms with Crippen LogP contribution in [-0.2, 0) is 90.4 Å². The summed E-state index contributed by atoms with van der Waals surface area (Å²) in [4.78, 5) is -21.0. The van der Waals surface area contributed by atoms with E-state index in [0.717, 1.165) is 66.7 Å². The monoisotopic (exact) mass is 1070 g/mol. The maximum atomic E-state index is 15.4. The van der Waals surface area contributed by atoms with Crippen LogP contribution in [0.1, 0.15) is 0 Å². The molecule has 0 aliphatic carbocycles. The molecule has 0 bridgehead atoms. The van der Waals surface area contributed by atoms with Crippen LogP contribution in [0.4, 0.5) is 17.1 Å². The SMILES string of the molecule is NS(=O)(=O)c1c(S(N)(=O)=O)c(S(N)(=O)=O)c2c(S(=O)(=O)N(c3ccccc3)S(N)(=O)=O)c(S(=O)(=O)Nc3ccccc3)c(S(=O)(=O)Nc3ccccc3)c(S(N)(=O)=O)c2c1S(N)(=O)=O. The molecule has 27 nitrogen and oxygen atoms in total. The molecule has 0 aromatic heterocycles. The predicted molar refractivity (Wildman–Crippen MR) is 225 cm³/mol. The van der Waals surface area contributed by atoms with E-state index in [1.54, 1.807) is 9.44 Å². The normalized spacial score (nSPS) is 13.7. The van der Waals surface area contributed by atoms with E-state index < -0.39 is 161 Å². The molecule has 0 aliphatic rings. The average molecular weight is 1070 g/mol. The second-order valence-electron chi connectivity index (χ2n) is 12.6. The predicted octanol–water partition coefficient (Wildman–Crippen LogP) is -2.92. The first-order valence-electron chi connectivity index (χ1n) is 16.0. The van der Waals surface area contributed by atoms with Crippen LogP contribution in [0, 0.1) is 0 Å². The molecule has 64 heavy (non-hydrogen) atoms. The van der Waals surface area contributed by atoms with E-state index in [1.165, 1.54) is 12.1 Å². The zero-order valence-corrected chi connectivity index (χ0v) is 38.4. The van der Waals surface area contributed by atoms with Gasteiger partial charge in [-0.2, -0.15) is 16.8 Å². The first-order chi connectivity index (χ1) is 28.9. The van der Waals surface area contributed by atoms with Gasteiger partial charge in [-0.3, -0.25) is 9.44 Å². The largest absolute Gasteiger partial charge is 0.312 e. The Morgan fingerprint density at radius 1 is 0.328 bits per heavy atom. The Morgan fingerprint density at radius 2 is 0.594 bits per heavy atom. The smallest absolute Gasteiger partial charge is 0.280 e. The molecule has 0 aliphatic heterocycles. The second kappa shape index (κ2) is 16.2. The van der Waals surface area contributed by atoms with Crippen LogP contribution < -0.4 is 44.0 Å². The van der Waals surface area contributed by atoms with E-state index >= 15 is 8.42 Å². The molecular weight excluding hydrogens is 1040 g/mol. The summed E-state index contributed by atoms with van der Waals surface area (Å²) in [5, 5.41) is 26.8. The molecule has 5 rings (SSSR count). The van der Waals surface area contributed by atoms with E-state index in [-0.39, 0.29) is 0 Å². The number of hydrogen-bond acceptors (Lipinski definition) is 18. The van der Waals surface area contributed by atoms with E-state index in [4.69, 9.17) is 30.8 Å². The average Bonchev–Trinajstić information content (AvgIpc) is 3.10. The molecule has 0 atom stereocenters. The standard InChI is InChI=1S/C28H29N9O18S9/c29-56(38,39)21-19-20(22(57(30,40)41)26(60(33,46)47)25(21)59(32,44)45)24(63(52,53)37(64(34,54)55)18-14-8-3-9-15-18)28(62(50,51)36-17-12-6-2-7-13-17)27(23(19)58(31,42)43)61(48,49)35-16-10-4-1-5-11-16/h1-15,35-36H,(H2,29,38,39)(H2,30,40,41)(H2,31,42,43)(H2,32,44,45)(H2,33,46,47)(H2,34,54,55). The molecule has 0 fully saturated rings. The molecule has 0 unspecified atom stereocenters. The van der Waals surface area contributed by atoms with Crippen LogP contribution in [0.25, 0.3) is 10.8 Å². The van der Waals surface area contributed by atoms with Crippen molar-refractivity contribution < 1.29 is 75.8 Å². The second-order valence-corrected chi connectivity index (χ2v) is 26.7. The summed E-state index contributed by atoms with van der Waals surface area (Å²) in [5.41, 5.74) is -2.47. The minimum atomic E-state index is -7.02. The van der Waals surface area contributed by atoms with Crippen molar-refractivity contribution >= 4 is 118 Å². The Hall–Kier alpha value is -4.93. The molecule has 0 amide bonds. The van der Waals surface area contributed by atoms with Crippen molar-refractivity contribution in [3.63, 3.8) is 0 Å². The molecule has 0 saturated heterocycles. The zero-order valence-electron chi connectivity index (χ0n) is 31.1. The number of hydrogen-bond donors (Lipinski definition) is 8. The van der Waals surface area contributed by atoms with Crippen molar-refractivity contribution in [2.24, 2.45) is 30.8 Å². The fourth-order valence-electron chi connectivity index (χ4n) is 6.07. The van der Waals surface area contributed by atoms with Gasteiger partial charge in [0.25, 0.3) is 30.1 Å². The number of sulfonamides is 8. The first kappa shape index (κ1) is 50.1. The van der Waals surface area contributed by atoms with E-state index in [0.29, 0.717) is 12.1 Å². The summed E-state index contributed by atoms with van der Waals surface area (Å²) in [6.07, 6.45) is 0. The third-order valence-corrected chi connectivity index (χ3v) is 20.1. The van der Waals surface area contributed by atoms with Crippen molar-refractivity contribution in [2.45, 2.75) is 39.2 Å². The lowest BCUT2D eigenvalue weighted by molar-refractivity contribution is 0.563. The molecule has 0 saturated carbocycles. The molecule has 0 radical (unpaired) electrons. The van der Waals surface area contributed by atoms with Gasteiger partial charge in [0, 0.05) is 22.1 Å². The molecule has 36 heteroatoms. The molecule has 348 valence electrons. The van der Waals surface area contributed by atoms with E-state index in [2.05, 4.69) is 0 Å². The quantitative estimate of drug-likeness (QED) is 0.0520. The van der Waals surface area contributed by atoms with Gasteiger partial charge in [0.2, 0.25) is 50.1 Å². The lowest BCUT2D eigenvalue weighted by atomic mass is 10.1. The fourth-order valence-corrected chi connectivity index (χ4v) is 20.1. The highest BCUT2D eigenvalue weighted by Gasteiger charge is 2.51. The van der Waals surface area contributed by atoms with Crippen LogP contribution in [-0.4, -0.2) is 75.8 Å². The summed E-state index contributed by atoms with van der Waals surface area (Å²) in [6, 6.07) is 14.9. The Bertz CT molecular complexity index is 3850. The Kier molecular flexibility index (Phi) is 12.7. The van der Waals surface area contributed by atoms with Crippen LogP contribution >= 0.6 is 0 Å². The molecule has 5 aromatic rings. The molecule has 0 heterocycles. The topological polar surface area (TPSA) is 491 Å². The molecule has 14 N–H and O–H groups in total. The van der Waals surface area contributed by atoms with Gasteiger partial charge in [0.05, 0.1) is 5.69 Å². The van der Waals surface area contributed by atoms with Crippen molar-refractivity contribution in [1.29, 1.82) is 0 Å². The van der Waals surface area contributed by atoms with Gasteiger partial charge in [-0.15, -0.1) is 3.71 Å². The van der Waals surface area contributed by atoms with Crippen molar-refractivity contribution in [1.82, 2.24) is 0 Å². The van der Waals surface area contributed by atoms with Crippen LogP contribution in [0.15, 0.2) is 130 Å². The number of nitrogens with one attached hydrogen (secondary N) is 2. The summed E-state index contributed by atoms with van der Waals surface area (Å²) in [6.45, 7) is 0. The van der Waals surface area contributed by atoms with Crippen molar-refractivity contribution in [3.05, 3.63) is 91.0 Å². The van der Waals surface area contributed by atoms with Gasteiger partial charge in [0.15, 0.2) is 0 Å². The van der Waals surface area contributed by atoms with Crippen molar-refractivity contribution in [2.75, 3.05) is 13.2 Å². The Labute approximate surface area is 365 Å². The number of primary sulfonamides is 5. The van der Waals surface area contributed by atoms with Gasteiger partial charge in [-0.05, 0) is 36.4 Å². The highest BCUT2D eigenvalue weighted by atomic mass is 32.3. The third kappa shape index (κ3) is 9.55. The summed E-state index contributed by atoms with van der Waals surface area (Å²) in [5.74, 6) is 0. The van der Waals surface area contributed by atoms with Crippen molar-refractivity contribution in [3.8, 4) is 0 Å². The Balaban J connectivity index is 2.53. The number of nitrogens with zero attached hydrogens (tertiary/aromatic N) is 1. The molecule has 0 spiro atoms. The number of benzene rings is 5. The van der Waals surface area contributed by atoms with Crippen LogP contribution in [0.2, 0.25) is 0 Å². The molecule has 5 aromatic carbocycles. The zero-order chi connectivity index (χ0) is 48.6. The van der Waals surface area contributed by atoms with Gasteiger partial charge in [-0.1, -0.05) is 54.6 Å². The maximum absolute atomic E-state index is 15.4. The van der Waals surface area contributed by atoms with Gasteiger partial charge < -0.3 is 0 Å². The highest BCUT2D eigenvalue weighted by molar-refractivity contribution is 8.09. The summed E-state index contributed by atoms with van der Waals surface area (Å²) < 4.78 is 257. The first-order valence-corrected chi connectivity index (χ1v) is 29.7. The summed E-state index contributed by atoms with van der Waals surface area (Å²) in [7, 11) is -57.9. The lowest BCUT2D eigenvalue weighted by Gasteiger charge is -2.28. The van der Waals surface area contributed by atoms with Crippen LogP contribution in [0.5, 0.6) is 0 Å². The van der Waals surface area contributed by atoms with Gasteiger partial charge in [-0.25, -0.2) is 89.8 Å². The van der Waals surface area contributed by atoms with E-state index in [9.17, 15) is 67.3 Å². The van der Waals surface area contributed by atoms with Gasteiger partial charge in [0.1, 0.15) is 39.2 Å². The third-order valence-electron chi connectivity index (χ3n) is 8.08. The number of nitrogens with two attached hydrogens (primary N) is 6. The fraction of sp³-hybridized carbons (Fsp3) is 0. The number of rotatable bonds is 15. The number of anilines is 3. The maximum Gasteiger partial charge on any atom is 0.312 e. The van der Waals surface area contributed by atoms with Crippen LogP contribution in [0.3, 0.4) is 0 Å². The Morgan fingerprint density at radius 3 is 0.891 bits per heavy atom. The minimum absolute atomic E-state index is 0.624. The summed E-state index contributed by atoms with van der Waals surface area (Å²) >= 11 is 0. The minimum Gasteiger partial charge on any atom is -0.280 e. The van der Waals surface area contributed by atoms with E-state index in [1.807, 2.05) is 0 Å². The van der Waals surface area contributed by atoms with Gasteiger partial charge >= 0.3 is 10.2 Å². The molecular formula is C28H29N9O18S9.